The van der Waals surface area contributed by atoms with Gasteiger partial charge in [-0.2, -0.15) is 0 Å². The zero-order chi connectivity index (χ0) is 20.1. The minimum atomic E-state index is -0.238. The van der Waals surface area contributed by atoms with Crippen LogP contribution in [-0.2, 0) is 25.9 Å². The van der Waals surface area contributed by atoms with Gasteiger partial charge in [-0.15, -0.1) is 10.2 Å². The second-order valence-electron chi connectivity index (χ2n) is 8.35. The number of fused-ring (bicyclic) bond motifs is 2. The van der Waals surface area contributed by atoms with Gasteiger partial charge in [0.1, 0.15) is 23.0 Å². The molecule has 1 saturated carbocycles. The van der Waals surface area contributed by atoms with Crippen LogP contribution < -0.4 is 5.32 Å². The summed E-state index contributed by atoms with van der Waals surface area (Å²) in [6.45, 7) is 2.91. The number of pyridine rings is 2. The third-order valence-corrected chi connectivity index (χ3v) is 6.25. The maximum Gasteiger partial charge on any atom is 0.275 e. The van der Waals surface area contributed by atoms with E-state index in [1.54, 1.807) is 6.07 Å². The highest BCUT2D eigenvalue weighted by Crippen LogP contribution is 2.31. The van der Waals surface area contributed by atoms with Crippen LogP contribution >= 0.6 is 0 Å². The van der Waals surface area contributed by atoms with Gasteiger partial charge in [0, 0.05) is 38.3 Å². The van der Waals surface area contributed by atoms with E-state index in [0.717, 1.165) is 56.6 Å². The number of hydrogen-bond donors (Lipinski definition) is 1. The number of carbonyl (C=O) groups is 1. The van der Waals surface area contributed by atoms with Crippen LogP contribution in [0.1, 0.15) is 46.7 Å². The number of rotatable bonds is 4. The van der Waals surface area contributed by atoms with Crippen LogP contribution in [0.4, 0.5) is 5.82 Å². The van der Waals surface area contributed by atoms with Crippen LogP contribution in [0.5, 0.6) is 0 Å². The first-order valence-electron chi connectivity index (χ1n) is 10.7. The van der Waals surface area contributed by atoms with Gasteiger partial charge >= 0.3 is 0 Å². The lowest BCUT2D eigenvalue weighted by Crippen LogP contribution is -2.32. The summed E-state index contributed by atoms with van der Waals surface area (Å²) < 4.78 is 2.10. The fraction of sp³-hybridized carbons (Fsp3) is 0.409. The Morgan fingerprint density at radius 1 is 1.10 bits per heavy atom. The molecule has 0 saturated heterocycles. The first kappa shape index (κ1) is 17.7. The maximum atomic E-state index is 12.9. The lowest BCUT2D eigenvalue weighted by atomic mass is 10.0. The minimum absolute atomic E-state index is 0.238. The summed E-state index contributed by atoms with van der Waals surface area (Å²) in [6, 6.07) is 8.23. The molecule has 0 atom stereocenters. The quantitative estimate of drug-likeness (QED) is 0.722. The van der Waals surface area contributed by atoms with Crippen molar-refractivity contribution in [3.05, 3.63) is 53.1 Å². The smallest absolute Gasteiger partial charge is 0.275 e. The molecule has 3 aromatic heterocycles. The van der Waals surface area contributed by atoms with Crippen LogP contribution in [0.2, 0.25) is 0 Å². The van der Waals surface area contributed by atoms with Gasteiger partial charge in [-0.3, -0.25) is 14.7 Å². The van der Waals surface area contributed by atoms with Crippen molar-refractivity contribution < 1.29 is 4.79 Å². The van der Waals surface area contributed by atoms with Crippen molar-refractivity contribution in [1.29, 1.82) is 0 Å². The van der Waals surface area contributed by atoms with E-state index in [0.29, 0.717) is 17.2 Å². The van der Waals surface area contributed by atoms with E-state index in [9.17, 15) is 4.79 Å². The molecule has 0 radical (unpaired) electrons. The van der Waals surface area contributed by atoms with Crippen molar-refractivity contribution in [3.8, 4) is 11.5 Å². The first-order valence-corrected chi connectivity index (χ1v) is 10.7. The summed E-state index contributed by atoms with van der Waals surface area (Å²) in [5, 5.41) is 11.4. The summed E-state index contributed by atoms with van der Waals surface area (Å²) in [4.78, 5) is 24.4. The van der Waals surface area contributed by atoms with Crippen molar-refractivity contribution >= 4 is 11.7 Å². The standard InChI is InChI=1S/C22H23N7O/c30-22(18-11-15-13-28(16-6-7-16)10-8-14(15)12-23-18)25-19-4-1-3-17(24-19)21-27-26-20-5-2-9-29(20)21/h1,3-4,11-12,16H,2,5-10,13H2,(H,24,25,30). The molecule has 0 bridgehead atoms. The van der Waals surface area contributed by atoms with Crippen LogP contribution in [-0.4, -0.2) is 48.1 Å². The molecular formula is C22H23N7O. The average molecular weight is 401 g/mol. The van der Waals surface area contributed by atoms with E-state index in [-0.39, 0.29) is 5.91 Å². The number of amides is 1. The largest absolute Gasteiger partial charge is 0.310 e. The Kier molecular flexibility index (Phi) is 4.12. The SMILES string of the molecule is O=C(Nc1cccc(-c2nnc3n2CCC3)n1)c1cc2c(cn1)CCN(C1CC1)C2. The molecule has 0 aromatic carbocycles. The van der Waals surface area contributed by atoms with E-state index >= 15 is 0 Å². The van der Waals surface area contributed by atoms with Gasteiger partial charge in [-0.05, 0) is 55.0 Å². The van der Waals surface area contributed by atoms with Crippen molar-refractivity contribution in [2.45, 2.75) is 51.2 Å². The lowest BCUT2D eigenvalue weighted by Gasteiger charge is -2.28. The van der Waals surface area contributed by atoms with Crippen molar-refractivity contribution in [2.24, 2.45) is 0 Å². The normalized spacial score (nSPS) is 18.1. The molecule has 3 aromatic rings. The Balaban J connectivity index is 1.22. The molecule has 2 aliphatic heterocycles. The van der Waals surface area contributed by atoms with Gasteiger partial charge < -0.3 is 9.88 Å². The topological polar surface area (TPSA) is 88.8 Å². The zero-order valence-electron chi connectivity index (χ0n) is 16.7. The Bertz CT molecular complexity index is 1130. The van der Waals surface area contributed by atoms with Crippen molar-refractivity contribution in [1.82, 2.24) is 29.6 Å². The molecule has 1 amide bonds. The summed E-state index contributed by atoms with van der Waals surface area (Å²) in [7, 11) is 0. The van der Waals surface area contributed by atoms with Gasteiger partial charge in [-0.25, -0.2) is 4.98 Å². The summed E-state index contributed by atoms with van der Waals surface area (Å²) in [5.74, 6) is 2.01. The van der Waals surface area contributed by atoms with Crippen molar-refractivity contribution in [3.63, 3.8) is 0 Å². The lowest BCUT2D eigenvalue weighted by molar-refractivity contribution is 0.102. The molecule has 1 N–H and O–H groups in total. The van der Waals surface area contributed by atoms with E-state index in [1.165, 1.54) is 24.0 Å². The van der Waals surface area contributed by atoms with E-state index in [4.69, 9.17) is 0 Å². The van der Waals surface area contributed by atoms with E-state index in [2.05, 4.69) is 34.9 Å². The van der Waals surface area contributed by atoms with Gasteiger partial charge in [0.05, 0.1) is 0 Å². The molecule has 152 valence electrons. The highest BCUT2D eigenvalue weighted by atomic mass is 16.1. The second-order valence-corrected chi connectivity index (χ2v) is 8.35. The summed E-state index contributed by atoms with van der Waals surface area (Å²) in [6.07, 6.45) is 7.49. The Morgan fingerprint density at radius 3 is 2.93 bits per heavy atom. The Labute approximate surface area is 174 Å². The molecular weight excluding hydrogens is 378 g/mol. The van der Waals surface area contributed by atoms with Crippen LogP contribution in [0.15, 0.2) is 30.5 Å². The number of nitrogens with zero attached hydrogens (tertiary/aromatic N) is 6. The van der Waals surface area contributed by atoms with Gasteiger partial charge in [0.25, 0.3) is 5.91 Å². The number of nitrogens with one attached hydrogen (secondary N) is 1. The third kappa shape index (κ3) is 3.17. The predicted molar refractivity (Wildman–Crippen MR) is 111 cm³/mol. The molecule has 8 nitrogen and oxygen atoms in total. The molecule has 1 aliphatic carbocycles. The maximum absolute atomic E-state index is 12.9. The highest BCUT2D eigenvalue weighted by Gasteiger charge is 2.31. The molecule has 1 fully saturated rings. The molecule has 5 heterocycles. The first-order chi connectivity index (χ1) is 14.7. The highest BCUT2D eigenvalue weighted by molar-refractivity contribution is 6.02. The number of aromatic nitrogens is 5. The molecule has 8 heteroatoms. The Morgan fingerprint density at radius 2 is 2.03 bits per heavy atom. The fourth-order valence-electron chi connectivity index (χ4n) is 4.48. The molecule has 6 rings (SSSR count). The van der Waals surface area contributed by atoms with E-state index < -0.39 is 0 Å². The number of hydrogen-bond acceptors (Lipinski definition) is 6. The molecule has 30 heavy (non-hydrogen) atoms. The summed E-state index contributed by atoms with van der Waals surface area (Å²) >= 11 is 0. The molecule has 3 aliphatic rings. The molecule has 0 unspecified atom stereocenters. The van der Waals surface area contributed by atoms with Crippen LogP contribution in [0, 0.1) is 0 Å². The number of anilines is 1. The summed E-state index contributed by atoms with van der Waals surface area (Å²) in [5.41, 5.74) is 3.62. The average Bonchev–Trinajstić information content (AvgIpc) is 3.38. The Hall–Kier alpha value is -3.13. The van der Waals surface area contributed by atoms with E-state index in [1.807, 2.05) is 24.4 Å². The molecule has 0 spiro atoms. The van der Waals surface area contributed by atoms with Crippen molar-refractivity contribution in [2.75, 3.05) is 11.9 Å². The number of aryl methyl sites for hydroxylation is 1. The van der Waals surface area contributed by atoms with Crippen LogP contribution in [0.25, 0.3) is 11.5 Å². The van der Waals surface area contributed by atoms with Crippen LogP contribution in [0.3, 0.4) is 0 Å². The fourth-order valence-corrected chi connectivity index (χ4v) is 4.48. The minimum Gasteiger partial charge on any atom is -0.310 e. The predicted octanol–water partition coefficient (Wildman–Crippen LogP) is 2.45. The monoisotopic (exact) mass is 401 g/mol. The van der Waals surface area contributed by atoms with Gasteiger partial charge in [0.15, 0.2) is 5.82 Å². The second kappa shape index (κ2) is 6.98. The third-order valence-electron chi connectivity index (χ3n) is 6.25. The van der Waals surface area contributed by atoms with Gasteiger partial charge in [-0.1, -0.05) is 6.07 Å². The zero-order valence-corrected chi connectivity index (χ0v) is 16.7. The van der Waals surface area contributed by atoms with Gasteiger partial charge in [0.2, 0.25) is 0 Å². The number of carbonyl (C=O) groups excluding carboxylic acids is 1.